The van der Waals surface area contributed by atoms with Crippen LogP contribution < -0.4 is 5.32 Å². The molecule has 3 rings (SSSR count). The van der Waals surface area contributed by atoms with Crippen LogP contribution in [0.5, 0.6) is 0 Å². The number of amides is 1. The molecule has 1 N–H and O–H groups in total. The molecule has 0 aliphatic heterocycles. The maximum Gasteiger partial charge on any atom is 0.251 e. The first kappa shape index (κ1) is 10.8. The summed E-state index contributed by atoms with van der Waals surface area (Å²) >= 11 is 5.80. The fraction of sp³-hybridized carbons (Fsp3) is 0.357. The molecule has 2 bridgehead atoms. The molecule has 0 aromatic heterocycles. The van der Waals surface area contributed by atoms with Gasteiger partial charge in [0.25, 0.3) is 5.91 Å². The summed E-state index contributed by atoms with van der Waals surface area (Å²) in [7, 11) is 0. The Morgan fingerprint density at radius 3 is 2.53 bits per heavy atom. The monoisotopic (exact) mass is 247 g/mol. The molecule has 2 unspecified atom stereocenters. The second-order valence-electron chi connectivity index (χ2n) is 4.87. The molecule has 3 heteroatoms. The van der Waals surface area contributed by atoms with Crippen LogP contribution in [0.25, 0.3) is 0 Å². The molecule has 0 radical (unpaired) electrons. The number of rotatable bonds is 2. The van der Waals surface area contributed by atoms with Crippen LogP contribution in [0.2, 0.25) is 5.02 Å². The van der Waals surface area contributed by atoms with Crippen molar-refractivity contribution in [3.05, 3.63) is 47.0 Å². The van der Waals surface area contributed by atoms with Crippen LogP contribution in [0.4, 0.5) is 0 Å². The van der Waals surface area contributed by atoms with Crippen molar-refractivity contribution < 1.29 is 4.79 Å². The maximum atomic E-state index is 12.0. The van der Waals surface area contributed by atoms with Gasteiger partial charge in [0.2, 0.25) is 0 Å². The highest BCUT2D eigenvalue weighted by Gasteiger charge is 2.36. The summed E-state index contributed by atoms with van der Waals surface area (Å²) in [4.78, 5) is 12.0. The van der Waals surface area contributed by atoms with E-state index in [0.29, 0.717) is 28.5 Å². The van der Waals surface area contributed by atoms with E-state index in [2.05, 4.69) is 17.5 Å². The average molecular weight is 248 g/mol. The Morgan fingerprint density at radius 1 is 1.18 bits per heavy atom. The van der Waals surface area contributed by atoms with Crippen LogP contribution in [-0.4, -0.2) is 11.9 Å². The minimum Gasteiger partial charge on any atom is -0.349 e. The Kier molecular flexibility index (Phi) is 2.67. The molecule has 88 valence electrons. The van der Waals surface area contributed by atoms with E-state index in [0.717, 1.165) is 6.42 Å². The van der Waals surface area contributed by atoms with E-state index < -0.39 is 0 Å². The van der Waals surface area contributed by atoms with E-state index in [1.165, 1.54) is 6.42 Å². The molecule has 2 aliphatic rings. The molecule has 2 aliphatic carbocycles. The van der Waals surface area contributed by atoms with Crippen molar-refractivity contribution in [1.82, 2.24) is 5.32 Å². The Morgan fingerprint density at radius 2 is 1.94 bits per heavy atom. The predicted molar refractivity (Wildman–Crippen MR) is 68.1 cm³/mol. The lowest BCUT2D eigenvalue weighted by Gasteiger charge is -2.19. The van der Waals surface area contributed by atoms with E-state index in [1.54, 1.807) is 24.3 Å². The molecule has 1 amide bonds. The third-order valence-electron chi connectivity index (χ3n) is 3.70. The third-order valence-corrected chi connectivity index (χ3v) is 3.95. The first-order valence-corrected chi connectivity index (χ1v) is 6.35. The van der Waals surface area contributed by atoms with Gasteiger partial charge in [0, 0.05) is 16.6 Å². The standard InChI is InChI=1S/C14H14ClNO/c15-12-5-3-10(4-6-12)14(17)16-13-8-9-1-2-11(13)7-9/h1-6,9,11,13H,7-8H2,(H,16,17)/t9?,11?,13-/m0/s1. The van der Waals surface area contributed by atoms with Gasteiger partial charge in [-0.05, 0) is 48.9 Å². The number of hydrogen-bond donors (Lipinski definition) is 1. The molecule has 3 atom stereocenters. The Hall–Kier alpha value is -1.28. The van der Waals surface area contributed by atoms with E-state index in [-0.39, 0.29) is 5.91 Å². The second kappa shape index (κ2) is 4.19. The number of fused-ring (bicyclic) bond motifs is 2. The van der Waals surface area contributed by atoms with E-state index in [9.17, 15) is 4.79 Å². The highest BCUT2D eigenvalue weighted by atomic mass is 35.5. The van der Waals surface area contributed by atoms with Gasteiger partial charge in [-0.2, -0.15) is 0 Å². The molecule has 17 heavy (non-hydrogen) atoms. The minimum absolute atomic E-state index is 0.00705. The van der Waals surface area contributed by atoms with Crippen LogP contribution in [0, 0.1) is 11.8 Å². The highest BCUT2D eigenvalue weighted by Crippen LogP contribution is 2.39. The highest BCUT2D eigenvalue weighted by molar-refractivity contribution is 6.30. The van der Waals surface area contributed by atoms with Gasteiger partial charge >= 0.3 is 0 Å². The summed E-state index contributed by atoms with van der Waals surface area (Å²) in [5.41, 5.74) is 0.682. The van der Waals surface area contributed by atoms with Crippen molar-refractivity contribution in [3.8, 4) is 0 Å². The van der Waals surface area contributed by atoms with Gasteiger partial charge in [-0.25, -0.2) is 0 Å². The van der Waals surface area contributed by atoms with Gasteiger partial charge in [0.1, 0.15) is 0 Å². The lowest BCUT2D eigenvalue weighted by Crippen LogP contribution is -2.37. The minimum atomic E-state index is 0.00705. The van der Waals surface area contributed by atoms with Gasteiger partial charge < -0.3 is 5.32 Å². The van der Waals surface area contributed by atoms with Gasteiger partial charge in [0.15, 0.2) is 0 Å². The summed E-state index contributed by atoms with van der Waals surface area (Å²) in [6, 6.07) is 7.34. The van der Waals surface area contributed by atoms with Crippen molar-refractivity contribution in [1.29, 1.82) is 0 Å². The van der Waals surface area contributed by atoms with Crippen molar-refractivity contribution in [3.63, 3.8) is 0 Å². The Balaban J connectivity index is 1.68. The van der Waals surface area contributed by atoms with E-state index in [1.807, 2.05) is 0 Å². The number of halogens is 1. The number of carbonyl (C=O) groups is 1. The zero-order chi connectivity index (χ0) is 11.8. The molecular weight excluding hydrogens is 234 g/mol. The molecule has 0 spiro atoms. The van der Waals surface area contributed by atoms with Gasteiger partial charge in [-0.1, -0.05) is 23.8 Å². The van der Waals surface area contributed by atoms with E-state index >= 15 is 0 Å². The van der Waals surface area contributed by atoms with E-state index in [4.69, 9.17) is 11.6 Å². The largest absolute Gasteiger partial charge is 0.349 e. The number of benzene rings is 1. The number of nitrogens with one attached hydrogen (secondary N) is 1. The normalized spacial score (nSPS) is 29.6. The molecule has 1 aromatic rings. The lowest BCUT2D eigenvalue weighted by molar-refractivity contribution is 0.0931. The summed E-state index contributed by atoms with van der Waals surface area (Å²) in [5.74, 6) is 1.22. The van der Waals surface area contributed by atoms with Crippen LogP contribution in [-0.2, 0) is 0 Å². The maximum absolute atomic E-state index is 12.0. The smallest absolute Gasteiger partial charge is 0.251 e. The summed E-state index contributed by atoms with van der Waals surface area (Å²) in [6.45, 7) is 0. The van der Waals surface area contributed by atoms with Crippen LogP contribution in [0.1, 0.15) is 23.2 Å². The Labute approximate surface area is 106 Å². The van der Waals surface area contributed by atoms with Gasteiger partial charge in [-0.3, -0.25) is 4.79 Å². The number of carbonyl (C=O) groups excluding carboxylic acids is 1. The summed E-state index contributed by atoms with van der Waals surface area (Å²) < 4.78 is 0. The van der Waals surface area contributed by atoms with Crippen LogP contribution in [0.3, 0.4) is 0 Å². The third kappa shape index (κ3) is 2.09. The first-order valence-electron chi connectivity index (χ1n) is 5.97. The fourth-order valence-electron chi connectivity index (χ4n) is 2.80. The van der Waals surface area contributed by atoms with Gasteiger partial charge in [0.05, 0.1) is 0 Å². The summed E-state index contributed by atoms with van der Waals surface area (Å²) in [5, 5.41) is 3.77. The van der Waals surface area contributed by atoms with Crippen molar-refractivity contribution in [2.45, 2.75) is 18.9 Å². The molecule has 2 nitrogen and oxygen atoms in total. The molecule has 0 heterocycles. The second-order valence-corrected chi connectivity index (χ2v) is 5.30. The molecular formula is C14H14ClNO. The molecule has 1 aromatic carbocycles. The molecule has 1 saturated carbocycles. The van der Waals surface area contributed by atoms with Crippen LogP contribution in [0.15, 0.2) is 36.4 Å². The molecule has 0 saturated heterocycles. The van der Waals surface area contributed by atoms with Crippen molar-refractivity contribution >= 4 is 17.5 Å². The Bertz CT molecular complexity index is 466. The predicted octanol–water partition coefficient (Wildman–Crippen LogP) is 3.03. The van der Waals surface area contributed by atoms with Crippen molar-refractivity contribution in [2.75, 3.05) is 0 Å². The topological polar surface area (TPSA) is 29.1 Å². The van der Waals surface area contributed by atoms with Crippen molar-refractivity contribution in [2.24, 2.45) is 11.8 Å². The van der Waals surface area contributed by atoms with Gasteiger partial charge in [-0.15, -0.1) is 0 Å². The lowest BCUT2D eigenvalue weighted by atomic mass is 10.0. The SMILES string of the molecule is O=C(N[C@H]1CC2C=CC1C2)c1ccc(Cl)cc1. The fourth-order valence-corrected chi connectivity index (χ4v) is 2.93. The first-order chi connectivity index (χ1) is 8.22. The molecule has 1 fully saturated rings. The average Bonchev–Trinajstić information content (AvgIpc) is 2.91. The zero-order valence-corrected chi connectivity index (χ0v) is 10.2. The number of hydrogen-bond acceptors (Lipinski definition) is 1. The quantitative estimate of drug-likeness (QED) is 0.800. The zero-order valence-electron chi connectivity index (χ0n) is 9.40. The number of allylic oxidation sites excluding steroid dienone is 1. The van der Waals surface area contributed by atoms with Crippen LogP contribution >= 0.6 is 11.6 Å². The summed E-state index contributed by atoms with van der Waals surface area (Å²) in [6.07, 6.45) is 6.79.